The van der Waals surface area contributed by atoms with Crippen LogP contribution >= 0.6 is 11.6 Å². The maximum atomic E-state index is 12.5. The van der Waals surface area contributed by atoms with E-state index in [2.05, 4.69) is 5.32 Å². The van der Waals surface area contributed by atoms with E-state index in [1.165, 1.54) is 6.07 Å². The van der Waals surface area contributed by atoms with Crippen molar-refractivity contribution < 1.29 is 22.7 Å². The van der Waals surface area contributed by atoms with Crippen LogP contribution in [0.25, 0.3) is 0 Å². The van der Waals surface area contributed by atoms with Gasteiger partial charge in [-0.05, 0) is 42.8 Å². The Hall–Kier alpha value is -2.45. The van der Waals surface area contributed by atoms with Gasteiger partial charge in [0.15, 0.2) is 11.5 Å². The van der Waals surface area contributed by atoms with Crippen LogP contribution in [0, 0.1) is 0 Å². The van der Waals surface area contributed by atoms with Gasteiger partial charge >= 0.3 is 0 Å². The highest BCUT2D eigenvalue weighted by Crippen LogP contribution is 2.32. The van der Waals surface area contributed by atoms with Crippen molar-refractivity contribution in [3.05, 3.63) is 53.1 Å². The Morgan fingerprint density at radius 3 is 2.57 bits per heavy atom. The van der Waals surface area contributed by atoms with Crippen LogP contribution in [0.3, 0.4) is 0 Å². The lowest BCUT2D eigenvalue weighted by Gasteiger charge is -2.24. The number of hydrogen-bond acceptors (Lipinski definition) is 5. The largest absolute Gasteiger partial charge is 0.486 e. The molecular weight excluding hydrogens is 404 g/mol. The molecule has 0 radical (unpaired) electrons. The minimum atomic E-state index is -3.66. The summed E-state index contributed by atoms with van der Waals surface area (Å²) in [6, 6.07) is 11.4. The number of amides is 1. The van der Waals surface area contributed by atoms with Crippen LogP contribution in [-0.4, -0.2) is 40.3 Å². The first-order valence-electron chi connectivity index (χ1n) is 8.66. The average molecular weight is 425 g/mol. The number of hydrogen-bond donors (Lipinski definition) is 1. The molecule has 0 saturated carbocycles. The van der Waals surface area contributed by atoms with Gasteiger partial charge in [-0.15, -0.1) is 0 Å². The van der Waals surface area contributed by atoms with Crippen molar-refractivity contribution in [1.29, 1.82) is 0 Å². The minimum Gasteiger partial charge on any atom is -0.486 e. The lowest BCUT2D eigenvalue weighted by atomic mass is 10.1. The molecule has 1 heterocycles. The van der Waals surface area contributed by atoms with E-state index in [1.807, 2.05) is 19.1 Å². The molecular formula is C19H21ClN2O5S. The number of benzene rings is 2. The zero-order valence-corrected chi connectivity index (χ0v) is 17.1. The predicted octanol–water partition coefficient (Wildman–Crippen LogP) is 2.75. The van der Waals surface area contributed by atoms with Gasteiger partial charge < -0.3 is 14.8 Å². The van der Waals surface area contributed by atoms with Crippen molar-refractivity contribution in [2.24, 2.45) is 0 Å². The van der Waals surface area contributed by atoms with Crippen molar-refractivity contribution in [2.45, 2.75) is 13.0 Å². The number of halogens is 1. The SMILES string of the molecule is C[C@@H](NC(=O)CN(c1cccc(Cl)c1)S(C)(=O)=O)c1ccc2c(c1)OCCO2. The van der Waals surface area contributed by atoms with Crippen molar-refractivity contribution in [3.63, 3.8) is 0 Å². The zero-order valence-electron chi connectivity index (χ0n) is 15.5. The first-order valence-corrected chi connectivity index (χ1v) is 10.9. The third-order valence-electron chi connectivity index (χ3n) is 4.23. The van der Waals surface area contributed by atoms with Gasteiger partial charge in [-0.2, -0.15) is 0 Å². The van der Waals surface area contributed by atoms with Crippen LogP contribution in [0.2, 0.25) is 5.02 Å². The summed E-state index contributed by atoms with van der Waals surface area (Å²) in [7, 11) is -3.66. The Labute approximate surface area is 169 Å². The molecule has 2 aromatic rings. The lowest BCUT2D eigenvalue weighted by Crippen LogP contribution is -2.41. The van der Waals surface area contributed by atoms with E-state index < -0.39 is 15.9 Å². The van der Waals surface area contributed by atoms with Gasteiger partial charge in [-0.3, -0.25) is 9.10 Å². The number of sulfonamides is 1. The van der Waals surface area contributed by atoms with E-state index in [1.54, 1.807) is 24.3 Å². The summed E-state index contributed by atoms with van der Waals surface area (Å²) in [5, 5.41) is 3.20. The molecule has 0 bridgehead atoms. The second-order valence-corrected chi connectivity index (χ2v) is 8.79. The van der Waals surface area contributed by atoms with E-state index in [0.29, 0.717) is 35.4 Å². The Morgan fingerprint density at radius 2 is 1.89 bits per heavy atom. The highest BCUT2D eigenvalue weighted by molar-refractivity contribution is 7.92. The van der Waals surface area contributed by atoms with Crippen LogP contribution in [0.5, 0.6) is 11.5 Å². The van der Waals surface area contributed by atoms with Crippen molar-refractivity contribution >= 4 is 33.2 Å². The molecule has 1 N–H and O–H groups in total. The van der Waals surface area contributed by atoms with Gasteiger partial charge in [-0.1, -0.05) is 23.7 Å². The maximum absolute atomic E-state index is 12.5. The summed E-state index contributed by atoms with van der Waals surface area (Å²) >= 11 is 5.95. The fourth-order valence-electron chi connectivity index (χ4n) is 2.86. The summed E-state index contributed by atoms with van der Waals surface area (Å²) in [6.07, 6.45) is 1.05. The van der Waals surface area contributed by atoms with Crippen LogP contribution in [0.1, 0.15) is 18.5 Å². The van der Waals surface area contributed by atoms with Gasteiger partial charge in [0.05, 0.1) is 18.0 Å². The number of nitrogens with one attached hydrogen (secondary N) is 1. The number of carbonyl (C=O) groups excluding carboxylic acids is 1. The Kier molecular flexibility index (Phi) is 6.00. The molecule has 1 aliphatic heterocycles. The molecule has 0 aromatic heterocycles. The van der Waals surface area contributed by atoms with Gasteiger partial charge in [0.1, 0.15) is 19.8 Å². The molecule has 0 saturated heterocycles. The summed E-state index contributed by atoms with van der Waals surface area (Å²) in [5.74, 6) is 0.854. The average Bonchev–Trinajstić information content (AvgIpc) is 2.64. The second kappa shape index (κ2) is 8.28. The van der Waals surface area contributed by atoms with Crippen LogP contribution in [0.15, 0.2) is 42.5 Å². The van der Waals surface area contributed by atoms with Crippen molar-refractivity contribution in [1.82, 2.24) is 5.32 Å². The molecule has 0 spiro atoms. The standard InChI is InChI=1S/C19H21ClN2O5S/c1-13(14-6-7-17-18(10-14)27-9-8-26-17)21-19(23)12-22(28(2,24)25)16-5-3-4-15(20)11-16/h3-7,10-11,13H,8-9,12H2,1-2H3,(H,21,23)/t13-/m1/s1. The number of anilines is 1. The summed E-state index contributed by atoms with van der Waals surface area (Å²) in [4.78, 5) is 12.5. The second-order valence-electron chi connectivity index (χ2n) is 6.44. The molecule has 3 rings (SSSR count). The highest BCUT2D eigenvalue weighted by Gasteiger charge is 2.22. The van der Waals surface area contributed by atoms with E-state index in [0.717, 1.165) is 16.1 Å². The monoisotopic (exact) mass is 424 g/mol. The Balaban J connectivity index is 1.72. The third kappa shape index (κ3) is 4.88. The molecule has 2 aromatic carbocycles. The smallest absolute Gasteiger partial charge is 0.241 e. The summed E-state index contributed by atoms with van der Waals surface area (Å²) < 4.78 is 36.4. The molecule has 28 heavy (non-hydrogen) atoms. The van der Waals surface area contributed by atoms with Crippen LogP contribution < -0.4 is 19.1 Å². The fraction of sp³-hybridized carbons (Fsp3) is 0.316. The van der Waals surface area contributed by atoms with E-state index in [4.69, 9.17) is 21.1 Å². The molecule has 0 fully saturated rings. The first kappa shape index (κ1) is 20.3. The molecule has 9 heteroatoms. The normalized spacial score (nSPS) is 14.2. The van der Waals surface area contributed by atoms with E-state index in [-0.39, 0.29) is 12.6 Å². The Morgan fingerprint density at radius 1 is 1.18 bits per heavy atom. The molecule has 150 valence electrons. The molecule has 0 unspecified atom stereocenters. The third-order valence-corrected chi connectivity index (χ3v) is 5.60. The number of ether oxygens (including phenoxy) is 2. The van der Waals surface area contributed by atoms with Gasteiger partial charge in [0.2, 0.25) is 15.9 Å². The first-order chi connectivity index (χ1) is 13.2. The highest BCUT2D eigenvalue weighted by atomic mass is 35.5. The van der Waals surface area contributed by atoms with Crippen molar-refractivity contribution in [2.75, 3.05) is 30.3 Å². The van der Waals surface area contributed by atoms with Crippen LogP contribution in [-0.2, 0) is 14.8 Å². The summed E-state index contributed by atoms with van der Waals surface area (Å²) in [6.45, 7) is 2.44. The predicted molar refractivity (Wildman–Crippen MR) is 108 cm³/mol. The van der Waals surface area contributed by atoms with Gasteiger partial charge in [-0.25, -0.2) is 8.42 Å². The number of carbonyl (C=O) groups is 1. The number of rotatable bonds is 6. The number of nitrogens with zero attached hydrogens (tertiary/aromatic N) is 1. The Bertz CT molecular complexity index is 980. The maximum Gasteiger partial charge on any atom is 0.241 e. The van der Waals surface area contributed by atoms with E-state index >= 15 is 0 Å². The molecule has 0 aliphatic carbocycles. The van der Waals surface area contributed by atoms with Gasteiger partial charge in [0.25, 0.3) is 0 Å². The fourth-order valence-corrected chi connectivity index (χ4v) is 3.89. The zero-order chi connectivity index (χ0) is 20.3. The minimum absolute atomic E-state index is 0.331. The molecule has 1 atom stereocenters. The quantitative estimate of drug-likeness (QED) is 0.770. The summed E-state index contributed by atoms with van der Waals surface area (Å²) in [5.41, 5.74) is 1.16. The topological polar surface area (TPSA) is 84.9 Å². The molecule has 1 amide bonds. The lowest BCUT2D eigenvalue weighted by molar-refractivity contribution is -0.120. The van der Waals surface area contributed by atoms with Gasteiger partial charge in [0, 0.05) is 5.02 Å². The van der Waals surface area contributed by atoms with E-state index in [9.17, 15) is 13.2 Å². The number of fused-ring (bicyclic) bond motifs is 1. The van der Waals surface area contributed by atoms with Crippen LogP contribution in [0.4, 0.5) is 5.69 Å². The molecule has 7 nitrogen and oxygen atoms in total. The molecule has 1 aliphatic rings. The van der Waals surface area contributed by atoms with Crippen molar-refractivity contribution in [3.8, 4) is 11.5 Å².